The van der Waals surface area contributed by atoms with Crippen LogP contribution in [0.1, 0.15) is 41.5 Å². The first kappa shape index (κ1) is 14.1. The fourth-order valence-electron chi connectivity index (χ4n) is 3.00. The van der Waals surface area contributed by atoms with E-state index in [9.17, 15) is 0 Å². The molecular formula is C15H25NSi. The second kappa shape index (κ2) is 5.60. The highest BCUT2D eigenvalue weighted by Gasteiger charge is 2.41. The van der Waals surface area contributed by atoms with E-state index in [1.807, 2.05) is 29.1 Å². The summed E-state index contributed by atoms with van der Waals surface area (Å²) in [5, 5.41) is 0. The normalized spacial score (nSPS) is 12.1. The number of hydrogen-bond donors (Lipinski definition) is 0. The first-order valence-corrected chi connectivity index (χ1v) is 8.80. The molecule has 0 N–H and O–H groups in total. The minimum absolute atomic E-state index is 0.700. The van der Waals surface area contributed by atoms with E-state index in [0.29, 0.717) is 16.6 Å². The Morgan fingerprint density at radius 3 is 1.59 bits per heavy atom. The lowest BCUT2D eigenvalue weighted by Crippen LogP contribution is -2.43. The third-order valence-electron chi connectivity index (χ3n) is 3.87. The Hall–Kier alpha value is -0.943. The number of rotatable bonds is 3. The van der Waals surface area contributed by atoms with E-state index in [0.717, 1.165) is 0 Å². The van der Waals surface area contributed by atoms with Gasteiger partial charge in [-0.3, -0.25) is 4.57 Å². The van der Waals surface area contributed by atoms with Crippen molar-refractivity contribution in [1.82, 2.24) is 4.57 Å². The van der Waals surface area contributed by atoms with Gasteiger partial charge in [0.1, 0.15) is 8.07 Å². The van der Waals surface area contributed by atoms with Crippen molar-refractivity contribution in [2.75, 3.05) is 0 Å². The van der Waals surface area contributed by atoms with Crippen LogP contribution in [0.2, 0.25) is 16.6 Å². The van der Waals surface area contributed by atoms with Gasteiger partial charge >= 0.3 is 0 Å². The molecule has 17 heavy (non-hydrogen) atoms. The van der Waals surface area contributed by atoms with Gasteiger partial charge in [-0.1, -0.05) is 41.5 Å². The van der Waals surface area contributed by atoms with Crippen molar-refractivity contribution in [3.05, 3.63) is 24.5 Å². The van der Waals surface area contributed by atoms with Gasteiger partial charge in [0.05, 0.1) is 0 Å². The standard InChI is InChI=1S/C15H25NSi/c1-13(2)17(14(3)4,15(5)6)12-11-16-9-7-8-10-16/h7-10,13-15H,1-6H3. The molecule has 1 heterocycles. The van der Waals surface area contributed by atoms with Gasteiger partial charge < -0.3 is 0 Å². The number of hydrogen-bond acceptors (Lipinski definition) is 0. The average Bonchev–Trinajstić information content (AvgIpc) is 2.69. The van der Waals surface area contributed by atoms with E-state index >= 15 is 0 Å². The summed E-state index contributed by atoms with van der Waals surface area (Å²) in [6.45, 7) is 14.1. The summed E-state index contributed by atoms with van der Waals surface area (Å²) in [5.74, 6) is 0. The maximum absolute atomic E-state index is 3.69. The van der Waals surface area contributed by atoms with Gasteiger partial charge in [0.15, 0.2) is 0 Å². The van der Waals surface area contributed by atoms with Crippen LogP contribution in [0.5, 0.6) is 0 Å². The maximum Gasteiger partial charge on any atom is 0.148 e. The predicted octanol–water partition coefficient (Wildman–Crippen LogP) is 4.52. The van der Waals surface area contributed by atoms with Gasteiger partial charge in [-0.25, -0.2) is 0 Å². The van der Waals surface area contributed by atoms with Gasteiger partial charge in [0.25, 0.3) is 0 Å². The van der Waals surface area contributed by atoms with E-state index in [4.69, 9.17) is 0 Å². The Balaban J connectivity index is 3.15. The molecule has 0 aliphatic carbocycles. The van der Waals surface area contributed by atoms with Crippen LogP contribution in [0.25, 0.3) is 0 Å². The molecule has 0 atom stereocenters. The summed E-state index contributed by atoms with van der Waals surface area (Å²) in [4.78, 5) is 0. The van der Waals surface area contributed by atoms with Crippen LogP contribution < -0.4 is 0 Å². The minimum Gasteiger partial charge on any atom is -0.285 e. The molecule has 0 spiro atoms. The monoisotopic (exact) mass is 247 g/mol. The topological polar surface area (TPSA) is 4.93 Å². The summed E-state index contributed by atoms with van der Waals surface area (Å²) in [6.07, 6.45) is 4.04. The second-order valence-corrected chi connectivity index (χ2v) is 11.3. The molecule has 0 saturated carbocycles. The van der Waals surface area contributed by atoms with Crippen molar-refractivity contribution >= 4 is 8.07 Å². The zero-order chi connectivity index (χ0) is 13.1. The highest BCUT2D eigenvalue weighted by atomic mass is 28.3. The first-order chi connectivity index (χ1) is 7.91. The van der Waals surface area contributed by atoms with Crippen molar-refractivity contribution in [3.63, 3.8) is 0 Å². The Morgan fingerprint density at radius 1 is 0.824 bits per heavy atom. The molecule has 0 saturated heterocycles. The summed E-state index contributed by atoms with van der Waals surface area (Å²) in [5.41, 5.74) is 5.78. The van der Waals surface area contributed by atoms with Crippen LogP contribution in [0.4, 0.5) is 0 Å². The van der Waals surface area contributed by atoms with Crippen molar-refractivity contribution in [2.45, 2.75) is 58.2 Å². The van der Waals surface area contributed by atoms with Crippen LogP contribution in [0.15, 0.2) is 24.5 Å². The summed E-state index contributed by atoms with van der Waals surface area (Å²) >= 11 is 0. The fraction of sp³-hybridized carbons (Fsp3) is 0.600. The summed E-state index contributed by atoms with van der Waals surface area (Å²) in [7, 11) is -1.57. The molecule has 0 bridgehead atoms. The number of nitrogens with zero attached hydrogens (tertiary/aromatic N) is 1. The highest BCUT2D eigenvalue weighted by molar-refractivity contribution is 6.90. The van der Waals surface area contributed by atoms with Gasteiger partial charge in [-0.15, -0.1) is 5.54 Å². The predicted molar refractivity (Wildman–Crippen MR) is 78.7 cm³/mol. The van der Waals surface area contributed by atoms with Crippen molar-refractivity contribution in [3.8, 4) is 11.6 Å². The van der Waals surface area contributed by atoms with Crippen molar-refractivity contribution in [1.29, 1.82) is 0 Å². The van der Waals surface area contributed by atoms with E-state index in [-0.39, 0.29) is 0 Å². The third kappa shape index (κ3) is 2.84. The molecule has 0 amide bonds. The van der Waals surface area contributed by atoms with Gasteiger partial charge in [0.2, 0.25) is 0 Å². The Kier molecular flexibility index (Phi) is 4.65. The van der Waals surface area contributed by atoms with E-state index in [2.05, 4.69) is 53.1 Å². The van der Waals surface area contributed by atoms with E-state index in [1.54, 1.807) is 0 Å². The Bertz CT molecular complexity index is 369. The zero-order valence-corrected chi connectivity index (χ0v) is 13.0. The van der Waals surface area contributed by atoms with E-state index < -0.39 is 8.07 Å². The molecule has 1 aromatic rings. The molecule has 1 nitrogen and oxygen atoms in total. The molecule has 0 aliphatic rings. The Morgan fingerprint density at radius 2 is 1.24 bits per heavy atom. The van der Waals surface area contributed by atoms with Crippen LogP contribution >= 0.6 is 0 Å². The molecule has 0 aliphatic heterocycles. The molecule has 1 aromatic heterocycles. The lowest BCUT2D eigenvalue weighted by Gasteiger charge is -2.37. The molecular weight excluding hydrogens is 222 g/mol. The van der Waals surface area contributed by atoms with Crippen molar-refractivity contribution < 1.29 is 0 Å². The highest BCUT2D eigenvalue weighted by Crippen LogP contribution is 2.40. The lowest BCUT2D eigenvalue weighted by molar-refractivity contribution is 0.838. The van der Waals surface area contributed by atoms with Crippen molar-refractivity contribution in [2.24, 2.45) is 0 Å². The van der Waals surface area contributed by atoms with Gasteiger partial charge in [0, 0.05) is 18.4 Å². The van der Waals surface area contributed by atoms with Crippen LogP contribution in [-0.2, 0) is 0 Å². The molecule has 2 heteroatoms. The summed E-state index contributed by atoms with van der Waals surface area (Å²) < 4.78 is 1.98. The number of aromatic nitrogens is 1. The fourth-order valence-corrected chi connectivity index (χ4v) is 8.19. The quantitative estimate of drug-likeness (QED) is 0.547. The molecule has 0 radical (unpaired) electrons. The SMILES string of the molecule is CC(C)[Si](C#Cn1cccc1)(C(C)C)C(C)C. The smallest absolute Gasteiger partial charge is 0.148 e. The molecule has 1 rings (SSSR count). The third-order valence-corrected chi connectivity index (χ3v) is 10.1. The molecule has 0 unspecified atom stereocenters. The minimum atomic E-state index is -1.57. The molecule has 0 aromatic carbocycles. The van der Waals surface area contributed by atoms with Crippen LogP contribution in [0.3, 0.4) is 0 Å². The molecule has 94 valence electrons. The summed E-state index contributed by atoms with van der Waals surface area (Å²) in [6, 6.07) is 7.39. The Labute approximate surface area is 107 Å². The zero-order valence-electron chi connectivity index (χ0n) is 12.0. The molecule has 0 fully saturated rings. The maximum atomic E-state index is 3.69. The lowest BCUT2D eigenvalue weighted by atomic mass is 10.5. The largest absolute Gasteiger partial charge is 0.285 e. The first-order valence-electron chi connectivity index (χ1n) is 6.57. The average molecular weight is 247 g/mol. The second-order valence-electron chi connectivity index (χ2n) is 5.72. The van der Waals surface area contributed by atoms with Crippen LogP contribution in [-0.4, -0.2) is 12.6 Å². The van der Waals surface area contributed by atoms with E-state index in [1.165, 1.54) is 0 Å². The van der Waals surface area contributed by atoms with Gasteiger partial charge in [-0.2, -0.15) is 0 Å². The van der Waals surface area contributed by atoms with Crippen LogP contribution in [0, 0.1) is 11.6 Å². The van der Waals surface area contributed by atoms with Gasteiger partial charge in [-0.05, 0) is 28.8 Å².